The number of hydrogen-bond donors (Lipinski definition) is 0. The molecule has 1 rings (SSSR count). The molecule has 0 heteroatoms. The second-order valence-electron chi connectivity index (χ2n) is 4.72. The van der Waals surface area contributed by atoms with Gasteiger partial charge in [0.25, 0.3) is 0 Å². The summed E-state index contributed by atoms with van der Waals surface area (Å²) in [4.78, 5) is 0. The van der Waals surface area contributed by atoms with Crippen molar-refractivity contribution in [2.45, 2.75) is 40.5 Å². The molecule has 0 fully saturated rings. The Kier molecular flexibility index (Phi) is 5.04. The van der Waals surface area contributed by atoms with Gasteiger partial charge >= 0.3 is 0 Å². The molecule has 0 aliphatic rings. The van der Waals surface area contributed by atoms with Crippen LogP contribution in [0.3, 0.4) is 0 Å². The summed E-state index contributed by atoms with van der Waals surface area (Å²) in [6.45, 7) is 8.65. The van der Waals surface area contributed by atoms with E-state index in [1.54, 1.807) is 0 Å². The molecular formula is C16H22. The van der Waals surface area contributed by atoms with Gasteiger partial charge in [-0.3, -0.25) is 0 Å². The molecule has 0 N–H and O–H groups in total. The third-order valence-corrected chi connectivity index (χ3v) is 2.55. The van der Waals surface area contributed by atoms with Crippen molar-refractivity contribution in [2.24, 2.45) is 0 Å². The van der Waals surface area contributed by atoms with Gasteiger partial charge in [0, 0.05) is 0 Å². The zero-order chi connectivity index (χ0) is 12.0. The monoisotopic (exact) mass is 214 g/mol. The molecule has 1 aromatic rings. The lowest BCUT2D eigenvalue weighted by atomic mass is 10.1. The highest BCUT2D eigenvalue weighted by Gasteiger charge is 1.92. The van der Waals surface area contributed by atoms with Gasteiger partial charge in [0.2, 0.25) is 0 Å². The van der Waals surface area contributed by atoms with E-state index in [0.717, 1.165) is 12.8 Å². The largest absolute Gasteiger partial charge is 0.0856 e. The minimum Gasteiger partial charge on any atom is -0.0856 e. The predicted molar refractivity (Wildman–Crippen MR) is 73.5 cm³/mol. The van der Waals surface area contributed by atoms with Crippen LogP contribution in [0.4, 0.5) is 0 Å². The highest BCUT2D eigenvalue weighted by atomic mass is 14.0. The third kappa shape index (κ3) is 4.97. The Bertz CT molecular complexity index is 390. The molecule has 16 heavy (non-hydrogen) atoms. The molecule has 0 radical (unpaired) electrons. The molecule has 1 aromatic carbocycles. The van der Waals surface area contributed by atoms with Gasteiger partial charge in [0.1, 0.15) is 0 Å². The summed E-state index contributed by atoms with van der Waals surface area (Å²) in [5.74, 6) is 0. The molecule has 0 heterocycles. The Morgan fingerprint density at radius 3 is 2.56 bits per heavy atom. The van der Waals surface area contributed by atoms with Crippen LogP contribution in [-0.4, -0.2) is 0 Å². The fourth-order valence-electron chi connectivity index (χ4n) is 1.71. The lowest BCUT2D eigenvalue weighted by molar-refractivity contribution is 0.975. The molecule has 0 aliphatic carbocycles. The molecule has 0 aliphatic heterocycles. The van der Waals surface area contributed by atoms with Gasteiger partial charge in [-0.1, -0.05) is 53.1 Å². The Hall–Kier alpha value is -1.30. The van der Waals surface area contributed by atoms with Crippen LogP contribution < -0.4 is 0 Å². The Morgan fingerprint density at radius 2 is 1.94 bits per heavy atom. The van der Waals surface area contributed by atoms with E-state index < -0.39 is 0 Å². The van der Waals surface area contributed by atoms with Gasteiger partial charge in [-0.05, 0) is 46.1 Å². The maximum Gasteiger partial charge on any atom is -0.0255 e. The fourth-order valence-corrected chi connectivity index (χ4v) is 1.71. The zero-order valence-corrected chi connectivity index (χ0v) is 10.9. The summed E-state index contributed by atoms with van der Waals surface area (Å²) >= 11 is 0. The summed E-state index contributed by atoms with van der Waals surface area (Å²) in [6, 6.07) is 8.64. The molecule has 86 valence electrons. The van der Waals surface area contributed by atoms with Crippen molar-refractivity contribution in [3.8, 4) is 0 Å². The van der Waals surface area contributed by atoms with E-state index in [9.17, 15) is 0 Å². The maximum absolute atomic E-state index is 2.30. The molecule has 0 atom stereocenters. The minimum absolute atomic E-state index is 1.15. The highest BCUT2D eigenvalue weighted by molar-refractivity contribution is 5.53. The van der Waals surface area contributed by atoms with Crippen molar-refractivity contribution in [3.05, 3.63) is 52.6 Å². The molecule has 0 unspecified atom stereocenters. The first-order valence-electron chi connectivity index (χ1n) is 5.95. The van der Waals surface area contributed by atoms with Crippen molar-refractivity contribution >= 4 is 6.08 Å². The van der Waals surface area contributed by atoms with E-state index in [0.29, 0.717) is 0 Å². The van der Waals surface area contributed by atoms with Crippen LogP contribution in [-0.2, 0) is 0 Å². The van der Waals surface area contributed by atoms with Crippen molar-refractivity contribution in [1.29, 1.82) is 0 Å². The SMILES string of the molecule is CC(C)=CCCC(C)=Cc1cccc(C)c1. The molecule has 0 amide bonds. The molecule has 0 saturated carbocycles. The maximum atomic E-state index is 2.30. The summed E-state index contributed by atoms with van der Waals surface area (Å²) in [5.41, 5.74) is 5.49. The van der Waals surface area contributed by atoms with E-state index in [2.05, 4.69) is 64.1 Å². The number of benzene rings is 1. The molecule has 0 bridgehead atoms. The molecule has 0 nitrogen and oxygen atoms in total. The summed E-state index contributed by atoms with van der Waals surface area (Å²) in [5, 5.41) is 0. The van der Waals surface area contributed by atoms with Gasteiger partial charge in [-0.2, -0.15) is 0 Å². The molecule has 0 saturated heterocycles. The third-order valence-electron chi connectivity index (χ3n) is 2.55. The topological polar surface area (TPSA) is 0 Å². The lowest BCUT2D eigenvalue weighted by Crippen LogP contribution is -1.80. The van der Waals surface area contributed by atoms with Crippen LogP contribution in [0.1, 0.15) is 44.7 Å². The quantitative estimate of drug-likeness (QED) is 0.608. The second kappa shape index (κ2) is 6.32. The van der Waals surface area contributed by atoms with Crippen LogP contribution >= 0.6 is 0 Å². The molecule has 0 spiro atoms. The van der Waals surface area contributed by atoms with Crippen molar-refractivity contribution in [3.63, 3.8) is 0 Å². The summed E-state index contributed by atoms with van der Waals surface area (Å²) < 4.78 is 0. The first-order chi connectivity index (χ1) is 7.58. The smallest absolute Gasteiger partial charge is 0.0255 e. The van der Waals surface area contributed by atoms with Crippen molar-refractivity contribution < 1.29 is 0 Å². The first kappa shape index (κ1) is 12.8. The number of hydrogen-bond acceptors (Lipinski definition) is 0. The number of rotatable bonds is 4. The standard InChI is InChI=1S/C16H22/c1-13(2)7-5-8-14(3)11-16-10-6-9-15(4)12-16/h6-7,9-12H,5,8H2,1-4H3. The normalized spacial score (nSPS) is 11.4. The zero-order valence-electron chi connectivity index (χ0n) is 10.9. The van der Waals surface area contributed by atoms with Crippen molar-refractivity contribution in [1.82, 2.24) is 0 Å². The van der Waals surface area contributed by atoms with E-state index in [-0.39, 0.29) is 0 Å². The van der Waals surface area contributed by atoms with Gasteiger partial charge in [-0.15, -0.1) is 0 Å². The van der Waals surface area contributed by atoms with Gasteiger partial charge in [0.15, 0.2) is 0 Å². The average molecular weight is 214 g/mol. The predicted octanol–water partition coefficient (Wildman–Crippen LogP) is 5.14. The number of aryl methyl sites for hydroxylation is 1. The average Bonchev–Trinajstić information content (AvgIpc) is 2.16. The summed E-state index contributed by atoms with van der Waals surface area (Å²) in [7, 11) is 0. The second-order valence-corrected chi connectivity index (χ2v) is 4.72. The van der Waals surface area contributed by atoms with E-state index in [1.165, 1.54) is 22.3 Å². The van der Waals surface area contributed by atoms with E-state index in [1.807, 2.05) is 0 Å². The minimum atomic E-state index is 1.15. The van der Waals surface area contributed by atoms with Crippen LogP contribution in [0.15, 0.2) is 41.5 Å². The van der Waals surface area contributed by atoms with Gasteiger partial charge in [-0.25, -0.2) is 0 Å². The highest BCUT2D eigenvalue weighted by Crippen LogP contribution is 2.13. The van der Waals surface area contributed by atoms with Gasteiger partial charge in [0.05, 0.1) is 0 Å². The van der Waals surface area contributed by atoms with E-state index >= 15 is 0 Å². The molecule has 0 aromatic heterocycles. The number of allylic oxidation sites excluding steroid dienone is 3. The lowest BCUT2D eigenvalue weighted by Gasteiger charge is -2.01. The Labute approximate surface area is 99.7 Å². The fraction of sp³-hybridized carbons (Fsp3) is 0.375. The Balaban J connectivity index is 2.59. The molecular weight excluding hydrogens is 192 g/mol. The van der Waals surface area contributed by atoms with Crippen LogP contribution in [0, 0.1) is 6.92 Å². The van der Waals surface area contributed by atoms with Crippen molar-refractivity contribution in [2.75, 3.05) is 0 Å². The van der Waals surface area contributed by atoms with Crippen LogP contribution in [0.25, 0.3) is 6.08 Å². The van der Waals surface area contributed by atoms with E-state index in [4.69, 9.17) is 0 Å². The first-order valence-corrected chi connectivity index (χ1v) is 5.95. The van der Waals surface area contributed by atoms with Crippen LogP contribution in [0.2, 0.25) is 0 Å². The Morgan fingerprint density at radius 1 is 1.19 bits per heavy atom. The van der Waals surface area contributed by atoms with Crippen LogP contribution in [0.5, 0.6) is 0 Å². The van der Waals surface area contributed by atoms with Gasteiger partial charge < -0.3 is 0 Å². The summed E-state index contributed by atoms with van der Waals surface area (Å²) in [6.07, 6.45) is 6.88.